The standard InChI is InChI=1S/C15H17N3O2/c1-2-3-10-8-14(10)17-13-4-5-15(18(19)20)11-6-7-16-9-12(11)13/h4-7,9-10,14,17H,2-3,8H2,1H3. The van der Waals surface area contributed by atoms with Gasteiger partial charge in [0.1, 0.15) is 0 Å². The Bertz CT molecular complexity index is 657. The lowest BCUT2D eigenvalue weighted by Gasteiger charge is -2.09. The highest BCUT2D eigenvalue weighted by Crippen LogP contribution is 2.39. The third-order valence-electron chi connectivity index (χ3n) is 3.91. The van der Waals surface area contributed by atoms with Crippen LogP contribution in [0.2, 0.25) is 0 Å². The van der Waals surface area contributed by atoms with Crippen molar-refractivity contribution in [1.29, 1.82) is 0 Å². The monoisotopic (exact) mass is 271 g/mol. The van der Waals surface area contributed by atoms with Crippen molar-refractivity contribution < 1.29 is 4.92 Å². The fourth-order valence-electron chi connectivity index (χ4n) is 2.77. The summed E-state index contributed by atoms with van der Waals surface area (Å²) in [5.41, 5.74) is 1.08. The van der Waals surface area contributed by atoms with E-state index in [0.29, 0.717) is 11.4 Å². The molecule has 2 aromatic rings. The molecule has 104 valence electrons. The zero-order valence-electron chi connectivity index (χ0n) is 11.4. The predicted molar refractivity (Wildman–Crippen MR) is 78.8 cm³/mol. The molecule has 1 saturated carbocycles. The van der Waals surface area contributed by atoms with E-state index in [1.165, 1.54) is 19.3 Å². The van der Waals surface area contributed by atoms with Crippen molar-refractivity contribution in [1.82, 2.24) is 4.98 Å². The van der Waals surface area contributed by atoms with Crippen molar-refractivity contribution in [3.8, 4) is 0 Å². The van der Waals surface area contributed by atoms with Crippen LogP contribution in [-0.4, -0.2) is 15.9 Å². The first-order valence-corrected chi connectivity index (χ1v) is 6.98. The number of nitrogens with one attached hydrogen (secondary N) is 1. The van der Waals surface area contributed by atoms with Crippen molar-refractivity contribution in [3.05, 3.63) is 40.7 Å². The zero-order valence-corrected chi connectivity index (χ0v) is 11.4. The normalized spacial score (nSPS) is 20.9. The second-order valence-corrected chi connectivity index (χ2v) is 5.35. The highest BCUT2D eigenvalue weighted by atomic mass is 16.6. The van der Waals surface area contributed by atoms with E-state index in [4.69, 9.17) is 0 Å². The quantitative estimate of drug-likeness (QED) is 0.664. The summed E-state index contributed by atoms with van der Waals surface area (Å²) in [5, 5.41) is 16.0. The zero-order chi connectivity index (χ0) is 14.1. The molecule has 0 bridgehead atoms. The number of benzene rings is 1. The third-order valence-corrected chi connectivity index (χ3v) is 3.91. The number of hydrogen-bond acceptors (Lipinski definition) is 4. The first-order chi connectivity index (χ1) is 9.70. The van der Waals surface area contributed by atoms with Gasteiger partial charge in [-0.2, -0.15) is 0 Å². The molecule has 1 aliphatic rings. The SMILES string of the molecule is CCCC1CC1Nc1ccc([N+](=O)[O-])c2ccncc12. The maximum absolute atomic E-state index is 11.1. The van der Waals surface area contributed by atoms with Crippen LogP contribution in [0.5, 0.6) is 0 Å². The number of rotatable bonds is 5. The lowest BCUT2D eigenvalue weighted by molar-refractivity contribution is -0.383. The maximum atomic E-state index is 11.1. The lowest BCUT2D eigenvalue weighted by Crippen LogP contribution is -2.05. The van der Waals surface area contributed by atoms with Gasteiger partial charge in [0.25, 0.3) is 5.69 Å². The molecule has 0 amide bonds. The van der Waals surface area contributed by atoms with Crippen LogP contribution in [0.1, 0.15) is 26.2 Å². The van der Waals surface area contributed by atoms with E-state index >= 15 is 0 Å². The number of nitro benzene ring substituents is 1. The van der Waals surface area contributed by atoms with Crippen LogP contribution >= 0.6 is 0 Å². The highest BCUT2D eigenvalue weighted by Gasteiger charge is 2.36. The van der Waals surface area contributed by atoms with E-state index < -0.39 is 0 Å². The summed E-state index contributed by atoms with van der Waals surface area (Å²) in [4.78, 5) is 14.8. The summed E-state index contributed by atoms with van der Waals surface area (Å²) >= 11 is 0. The summed E-state index contributed by atoms with van der Waals surface area (Å²) < 4.78 is 0. The molecule has 0 saturated heterocycles. The molecule has 2 unspecified atom stereocenters. The van der Waals surface area contributed by atoms with Gasteiger partial charge in [0, 0.05) is 35.6 Å². The average molecular weight is 271 g/mol. The Balaban J connectivity index is 1.93. The van der Waals surface area contributed by atoms with E-state index in [2.05, 4.69) is 17.2 Å². The second kappa shape index (κ2) is 5.07. The molecule has 0 aliphatic heterocycles. The van der Waals surface area contributed by atoms with Crippen LogP contribution < -0.4 is 5.32 Å². The Hall–Kier alpha value is -2.17. The van der Waals surface area contributed by atoms with Gasteiger partial charge in [0.15, 0.2) is 0 Å². The topological polar surface area (TPSA) is 68.1 Å². The van der Waals surface area contributed by atoms with Gasteiger partial charge in [-0.05, 0) is 30.9 Å². The van der Waals surface area contributed by atoms with Gasteiger partial charge in [0.2, 0.25) is 0 Å². The molecular formula is C15H17N3O2. The van der Waals surface area contributed by atoms with Gasteiger partial charge < -0.3 is 5.32 Å². The van der Waals surface area contributed by atoms with Crippen molar-refractivity contribution in [2.45, 2.75) is 32.2 Å². The van der Waals surface area contributed by atoms with Crippen molar-refractivity contribution in [2.75, 3.05) is 5.32 Å². The van der Waals surface area contributed by atoms with Crippen LogP contribution in [0.15, 0.2) is 30.6 Å². The molecular weight excluding hydrogens is 254 g/mol. The molecule has 2 atom stereocenters. The van der Waals surface area contributed by atoms with Crippen molar-refractivity contribution in [3.63, 3.8) is 0 Å². The van der Waals surface area contributed by atoms with Crippen molar-refractivity contribution in [2.24, 2.45) is 5.92 Å². The van der Waals surface area contributed by atoms with E-state index in [0.717, 1.165) is 17.0 Å². The van der Waals surface area contributed by atoms with Gasteiger partial charge in [-0.15, -0.1) is 0 Å². The minimum Gasteiger partial charge on any atom is -0.381 e. The maximum Gasteiger partial charge on any atom is 0.277 e. The molecule has 1 aromatic carbocycles. The Morgan fingerprint density at radius 2 is 2.25 bits per heavy atom. The molecule has 0 spiro atoms. The number of pyridine rings is 1. The first-order valence-electron chi connectivity index (χ1n) is 6.98. The van der Waals surface area contributed by atoms with E-state index in [1.807, 2.05) is 0 Å². The molecule has 0 radical (unpaired) electrons. The summed E-state index contributed by atoms with van der Waals surface area (Å²) in [5.74, 6) is 0.738. The fourth-order valence-corrected chi connectivity index (χ4v) is 2.77. The molecule has 1 aromatic heterocycles. The van der Waals surface area contributed by atoms with Crippen LogP contribution in [0, 0.1) is 16.0 Å². The average Bonchev–Trinajstić information content (AvgIpc) is 3.17. The summed E-state index contributed by atoms with van der Waals surface area (Å²) in [7, 11) is 0. The molecule has 5 nitrogen and oxygen atoms in total. The molecule has 5 heteroatoms. The Morgan fingerprint density at radius 1 is 1.40 bits per heavy atom. The summed E-state index contributed by atoms with van der Waals surface area (Å²) in [6, 6.07) is 5.57. The largest absolute Gasteiger partial charge is 0.381 e. The number of hydrogen-bond donors (Lipinski definition) is 1. The molecule has 20 heavy (non-hydrogen) atoms. The minimum absolute atomic E-state index is 0.133. The first kappa shape index (κ1) is 12.8. The lowest BCUT2D eigenvalue weighted by atomic mass is 10.1. The molecule has 1 heterocycles. The second-order valence-electron chi connectivity index (χ2n) is 5.35. The van der Waals surface area contributed by atoms with E-state index in [-0.39, 0.29) is 10.6 Å². The van der Waals surface area contributed by atoms with Gasteiger partial charge in [0.05, 0.1) is 10.3 Å². The Labute approximate surface area is 117 Å². The molecule has 3 rings (SSSR count). The van der Waals surface area contributed by atoms with E-state index in [1.54, 1.807) is 30.6 Å². The highest BCUT2D eigenvalue weighted by molar-refractivity contribution is 5.99. The van der Waals surface area contributed by atoms with Gasteiger partial charge in [-0.3, -0.25) is 15.1 Å². The Kier molecular flexibility index (Phi) is 3.26. The molecule has 1 fully saturated rings. The van der Waals surface area contributed by atoms with Crippen LogP contribution in [0.3, 0.4) is 0 Å². The van der Waals surface area contributed by atoms with E-state index in [9.17, 15) is 10.1 Å². The number of fused-ring (bicyclic) bond motifs is 1. The smallest absolute Gasteiger partial charge is 0.277 e. The van der Waals surface area contributed by atoms with Crippen molar-refractivity contribution >= 4 is 22.1 Å². The van der Waals surface area contributed by atoms with Crippen LogP contribution in [0.25, 0.3) is 10.8 Å². The minimum atomic E-state index is -0.344. The van der Waals surface area contributed by atoms with Gasteiger partial charge in [-0.25, -0.2) is 0 Å². The number of aromatic nitrogens is 1. The predicted octanol–water partition coefficient (Wildman–Crippen LogP) is 3.74. The summed E-state index contributed by atoms with van der Waals surface area (Å²) in [6.07, 6.45) is 6.91. The van der Waals surface area contributed by atoms with Gasteiger partial charge in [-0.1, -0.05) is 13.3 Å². The fraction of sp³-hybridized carbons (Fsp3) is 0.400. The number of non-ortho nitro benzene ring substituents is 1. The summed E-state index contributed by atoms with van der Waals surface area (Å²) in [6.45, 7) is 2.20. The third kappa shape index (κ3) is 2.31. The number of nitro groups is 1. The van der Waals surface area contributed by atoms with Crippen LogP contribution in [-0.2, 0) is 0 Å². The number of nitrogens with zero attached hydrogens (tertiary/aromatic N) is 2. The Morgan fingerprint density at radius 3 is 3.00 bits per heavy atom. The van der Waals surface area contributed by atoms with Gasteiger partial charge >= 0.3 is 0 Å². The molecule has 1 N–H and O–H groups in total. The molecule has 1 aliphatic carbocycles. The van der Waals surface area contributed by atoms with Crippen LogP contribution in [0.4, 0.5) is 11.4 Å². The number of anilines is 1.